The van der Waals surface area contributed by atoms with Gasteiger partial charge in [0.25, 0.3) is 5.91 Å². The Bertz CT molecular complexity index is 1760. The van der Waals surface area contributed by atoms with Gasteiger partial charge in [-0.15, -0.1) is 0 Å². The maximum absolute atomic E-state index is 14.3. The fraction of sp³-hybridized carbons (Fsp3) is 0.535. The second-order valence-corrected chi connectivity index (χ2v) is 16.2. The van der Waals surface area contributed by atoms with Gasteiger partial charge in [0, 0.05) is 48.4 Å². The zero-order valence-corrected chi connectivity index (χ0v) is 32.5. The number of carbonyl (C=O) groups is 2. The minimum absolute atomic E-state index is 0.0393. The number of fused-ring (bicyclic) bond motifs is 2. The average Bonchev–Trinajstić information content (AvgIpc) is 3.53. The zero-order valence-electron chi connectivity index (χ0n) is 32.5. The number of hydrogen-bond acceptors (Lipinski definition) is 8. The number of anilines is 1. The van der Waals surface area contributed by atoms with Crippen molar-refractivity contribution in [2.75, 3.05) is 32.7 Å². The molecule has 4 N–H and O–H groups in total. The Hall–Kier alpha value is -3.96. The van der Waals surface area contributed by atoms with Crippen molar-refractivity contribution in [2.24, 2.45) is 29.1 Å². The minimum Gasteiger partial charge on any atom is -0.496 e. The van der Waals surface area contributed by atoms with Crippen LogP contribution in [0.15, 0.2) is 66.7 Å². The molecule has 3 saturated carbocycles. The number of ether oxygens (including phenoxy) is 1. The molecular formula is C43H58N4O6. The molecule has 4 fully saturated rings. The third kappa shape index (κ3) is 7.56. The maximum Gasteiger partial charge on any atom is 0.251 e. The van der Waals surface area contributed by atoms with Crippen LogP contribution in [0.2, 0.25) is 0 Å². The number of benzene rings is 3. The molecule has 0 radical (unpaired) electrons. The van der Waals surface area contributed by atoms with Gasteiger partial charge in [0.2, 0.25) is 5.91 Å². The van der Waals surface area contributed by atoms with E-state index in [9.17, 15) is 19.8 Å². The minimum atomic E-state index is -0.898. The topological polar surface area (TPSA) is 124 Å². The molecular weight excluding hydrogens is 668 g/mol. The van der Waals surface area contributed by atoms with Crippen molar-refractivity contribution in [1.82, 2.24) is 15.7 Å². The molecule has 286 valence electrons. The lowest BCUT2D eigenvalue weighted by Crippen LogP contribution is -2.62. The highest BCUT2D eigenvalue weighted by molar-refractivity contribution is 5.97. The summed E-state index contributed by atoms with van der Waals surface area (Å²) in [5.41, 5.74) is 5.05. The van der Waals surface area contributed by atoms with Crippen molar-refractivity contribution < 1.29 is 29.4 Å². The molecule has 9 atom stereocenters. The molecule has 1 saturated heterocycles. The lowest BCUT2D eigenvalue weighted by molar-refractivity contribution is -0.183. The number of aliphatic hydroxyl groups is 2. The third-order valence-corrected chi connectivity index (χ3v) is 12.6. The van der Waals surface area contributed by atoms with Crippen LogP contribution in [-0.4, -0.2) is 79.2 Å². The van der Waals surface area contributed by atoms with Crippen LogP contribution in [0.1, 0.15) is 81.4 Å². The van der Waals surface area contributed by atoms with Crippen molar-refractivity contribution in [3.8, 4) is 16.9 Å². The SMILES string of the molecule is CC[C@@H](NC(=O)c1cc(-c2cccc(CN3O[C@@H](CO)[C@@H]([C@H](C)O)[C@H]3C(=O)N[C@H]3C[C@H]4C[C@@H]([C@@H]3C)C4(C)C)c2OC)cc(N(C)C)c1)c1ccccc1. The number of carbonyl (C=O) groups excluding carboxylic acids is 2. The number of hydroxylamine groups is 2. The summed E-state index contributed by atoms with van der Waals surface area (Å²) in [7, 11) is 5.49. The Morgan fingerprint density at radius 3 is 2.42 bits per heavy atom. The number of aliphatic hydroxyl groups excluding tert-OH is 2. The van der Waals surface area contributed by atoms with Gasteiger partial charge in [0.05, 0.1) is 32.4 Å². The fourth-order valence-corrected chi connectivity index (χ4v) is 9.33. The van der Waals surface area contributed by atoms with Crippen LogP contribution in [-0.2, 0) is 16.2 Å². The second kappa shape index (κ2) is 15.8. The smallest absolute Gasteiger partial charge is 0.251 e. The highest BCUT2D eigenvalue weighted by atomic mass is 16.7. The molecule has 3 aliphatic carbocycles. The Morgan fingerprint density at radius 2 is 1.81 bits per heavy atom. The van der Waals surface area contributed by atoms with E-state index in [0.717, 1.165) is 40.8 Å². The predicted octanol–water partition coefficient (Wildman–Crippen LogP) is 5.97. The van der Waals surface area contributed by atoms with Crippen LogP contribution in [0.25, 0.3) is 11.1 Å². The summed E-state index contributed by atoms with van der Waals surface area (Å²) in [5.74, 6) is 1.03. The van der Waals surface area contributed by atoms with Crippen molar-refractivity contribution >= 4 is 17.5 Å². The zero-order chi connectivity index (χ0) is 38.2. The Morgan fingerprint density at radius 1 is 1.08 bits per heavy atom. The number of hydrogen-bond donors (Lipinski definition) is 4. The Kier molecular flexibility index (Phi) is 11.5. The van der Waals surface area contributed by atoms with Gasteiger partial charge in [0.1, 0.15) is 17.9 Å². The van der Waals surface area contributed by atoms with Crippen molar-refractivity contribution in [3.63, 3.8) is 0 Å². The molecule has 0 aromatic heterocycles. The molecule has 10 nitrogen and oxygen atoms in total. The number of para-hydroxylation sites is 1. The summed E-state index contributed by atoms with van der Waals surface area (Å²) in [4.78, 5) is 36.3. The number of methoxy groups -OCH3 is 1. The molecule has 2 bridgehead atoms. The molecule has 7 rings (SSSR count). The van der Waals surface area contributed by atoms with Crippen LogP contribution in [0.3, 0.4) is 0 Å². The number of nitrogens with one attached hydrogen (secondary N) is 2. The van der Waals surface area contributed by atoms with E-state index in [1.165, 1.54) is 6.42 Å². The Balaban J connectivity index is 1.29. The van der Waals surface area contributed by atoms with Crippen LogP contribution >= 0.6 is 0 Å². The first-order chi connectivity index (χ1) is 25.3. The molecule has 2 amide bonds. The summed E-state index contributed by atoms with van der Waals surface area (Å²) in [5, 5.41) is 29.5. The quantitative estimate of drug-likeness (QED) is 0.170. The first kappa shape index (κ1) is 38.8. The number of nitrogens with zero attached hydrogens (tertiary/aromatic N) is 2. The maximum atomic E-state index is 14.3. The molecule has 10 heteroatoms. The monoisotopic (exact) mass is 726 g/mol. The van der Waals surface area contributed by atoms with Crippen LogP contribution in [0, 0.1) is 29.1 Å². The van der Waals surface area contributed by atoms with Crippen molar-refractivity contribution in [3.05, 3.63) is 83.4 Å². The molecule has 3 aromatic rings. The predicted molar refractivity (Wildman–Crippen MR) is 207 cm³/mol. The Labute approximate surface area is 314 Å². The van der Waals surface area contributed by atoms with E-state index in [4.69, 9.17) is 9.57 Å². The summed E-state index contributed by atoms with van der Waals surface area (Å²) in [6, 6.07) is 20.6. The normalized spacial score (nSPS) is 27.3. The van der Waals surface area contributed by atoms with Crippen molar-refractivity contribution in [1.29, 1.82) is 0 Å². The molecule has 0 spiro atoms. The van der Waals surface area contributed by atoms with E-state index in [0.29, 0.717) is 29.1 Å². The van der Waals surface area contributed by atoms with Crippen LogP contribution in [0.5, 0.6) is 5.75 Å². The first-order valence-corrected chi connectivity index (χ1v) is 19.2. The van der Waals surface area contributed by atoms with E-state index in [-0.39, 0.29) is 42.5 Å². The largest absolute Gasteiger partial charge is 0.496 e. The molecule has 1 aliphatic heterocycles. The molecule has 4 aliphatic rings. The summed E-state index contributed by atoms with van der Waals surface area (Å²) >= 11 is 0. The van der Waals surface area contributed by atoms with Gasteiger partial charge in [-0.2, -0.15) is 5.06 Å². The highest BCUT2D eigenvalue weighted by Gasteiger charge is 2.57. The number of amides is 2. The molecule has 3 aromatic carbocycles. The lowest BCUT2D eigenvalue weighted by Gasteiger charge is -2.62. The highest BCUT2D eigenvalue weighted by Crippen LogP contribution is 2.61. The summed E-state index contributed by atoms with van der Waals surface area (Å²) in [6.45, 7) is 10.4. The van der Waals surface area contributed by atoms with Gasteiger partial charge >= 0.3 is 0 Å². The first-order valence-electron chi connectivity index (χ1n) is 19.2. The third-order valence-electron chi connectivity index (χ3n) is 12.6. The molecule has 0 unspecified atom stereocenters. The number of rotatable bonds is 13. The van der Waals surface area contributed by atoms with Gasteiger partial charge in [-0.25, -0.2) is 0 Å². The van der Waals surface area contributed by atoms with E-state index in [1.807, 2.05) is 85.7 Å². The molecule has 1 heterocycles. The summed E-state index contributed by atoms with van der Waals surface area (Å²) in [6.07, 6.45) is 1.23. The van der Waals surface area contributed by atoms with E-state index < -0.39 is 24.2 Å². The van der Waals surface area contributed by atoms with Gasteiger partial charge in [-0.05, 0) is 78.7 Å². The van der Waals surface area contributed by atoms with Crippen molar-refractivity contribution in [2.45, 2.75) is 90.8 Å². The lowest BCUT2D eigenvalue weighted by atomic mass is 9.45. The fourth-order valence-electron chi connectivity index (χ4n) is 9.33. The van der Waals surface area contributed by atoms with Gasteiger partial charge in [-0.1, -0.05) is 76.2 Å². The molecule has 53 heavy (non-hydrogen) atoms. The average molecular weight is 727 g/mol. The van der Waals surface area contributed by atoms with Gasteiger partial charge in [-0.3, -0.25) is 14.4 Å². The van der Waals surface area contributed by atoms with E-state index in [2.05, 4.69) is 38.3 Å². The van der Waals surface area contributed by atoms with Crippen LogP contribution in [0.4, 0.5) is 5.69 Å². The van der Waals surface area contributed by atoms with E-state index in [1.54, 1.807) is 19.1 Å². The van der Waals surface area contributed by atoms with Gasteiger partial charge < -0.3 is 30.5 Å². The standard InChI is InChI=1S/C43H58N4O6/c1-9-35(27-14-11-10-12-15-27)44-41(50)30-18-29(19-32(20-30)46(6)7)33-17-13-16-28(40(33)52-8)23-47-39(38(26(3)49)37(24-48)53-47)42(51)45-36-22-31-21-34(25(36)2)43(31,4)5/h10-20,25-26,31,34-39,48-49H,9,21-24H2,1-8H3,(H,44,50)(H,45,51)/t25-,26-,31+,34-,35+,36-,37-,38+,39-/m0/s1. The summed E-state index contributed by atoms with van der Waals surface area (Å²) < 4.78 is 6.08. The van der Waals surface area contributed by atoms with E-state index >= 15 is 0 Å². The van der Waals surface area contributed by atoms with Gasteiger partial charge in [0.15, 0.2) is 0 Å². The second-order valence-electron chi connectivity index (χ2n) is 16.2. The van der Waals surface area contributed by atoms with Crippen LogP contribution < -0.4 is 20.3 Å².